The normalized spacial score (nSPS) is 12.8. The summed E-state index contributed by atoms with van der Waals surface area (Å²) in [6, 6.07) is 0. The Kier molecular flexibility index (Phi) is 5.12. The van der Waals surface area contributed by atoms with E-state index in [4.69, 9.17) is 0 Å². The molecule has 0 N–H and O–H groups in total. The lowest BCUT2D eigenvalue weighted by atomic mass is 10.1. The van der Waals surface area contributed by atoms with Crippen LogP contribution >= 0.6 is 11.8 Å². The first-order chi connectivity index (χ1) is 11.1. The Bertz CT molecular complexity index is 916. The van der Waals surface area contributed by atoms with Gasteiger partial charge in [-0.25, -0.2) is 14.8 Å². The highest BCUT2D eigenvalue weighted by molar-refractivity contribution is 8.00. The van der Waals surface area contributed by atoms with Gasteiger partial charge < -0.3 is 9.90 Å². The van der Waals surface area contributed by atoms with Gasteiger partial charge in [-0.1, -0.05) is 25.6 Å². The Labute approximate surface area is 142 Å². The lowest BCUT2D eigenvalue weighted by molar-refractivity contribution is -0.304. The molecule has 2 rings (SSSR count). The van der Waals surface area contributed by atoms with E-state index in [0.29, 0.717) is 12.2 Å². The molecular formula is C15H19N4O4S-. The summed E-state index contributed by atoms with van der Waals surface area (Å²) in [6.07, 6.45) is 0.548. The third-order valence-electron chi connectivity index (χ3n) is 3.52. The summed E-state index contributed by atoms with van der Waals surface area (Å²) in [7, 11) is 2.88. The average Bonchev–Trinajstić information content (AvgIpc) is 2.49. The van der Waals surface area contributed by atoms with E-state index in [0.717, 1.165) is 16.3 Å². The molecule has 2 aromatic rings. The number of aromatic nitrogens is 4. The molecule has 0 unspecified atom stereocenters. The highest BCUT2D eigenvalue weighted by Gasteiger charge is 2.19. The van der Waals surface area contributed by atoms with E-state index >= 15 is 0 Å². The Morgan fingerprint density at radius 3 is 2.33 bits per heavy atom. The molecule has 0 spiro atoms. The minimum atomic E-state index is -1.25. The molecule has 24 heavy (non-hydrogen) atoms. The highest BCUT2D eigenvalue weighted by Crippen LogP contribution is 2.26. The number of aliphatic carboxylic acids is 1. The van der Waals surface area contributed by atoms with Gasteiger partial charge in [-0.3, -0.25) is 13.9 Å². The number of thioether (sulfide) groups is 1. The summed E-state index contributed by atoms with van der Waals surface area (Å²) < 4.78 is 2.23. The van der Waals surface area contributed by atoms with Crippen molar-refractivity contribution in [2.24, 2.45) is 20.0 Å². The lowest BCUT2D eigenvalue weighted by Gasteiger charge is -2.15. The van der Waals surface area contributed by atoms with Gasteiger partial charge in [0.25, 0.3) is 5.56 Å². The number of carbonyl (C=O) groups is 1. The number of rotatable bonds is 5. The fourth-order valence-electron chi connectivity index (χ4n) is 2.23. The highest BCUT2D eigenvalue weighted by atomic mass is 32.2. The molecule has 1 atom stereocenters. The van der Waals surface area contributed by atoms with Crippen LogP contribution in [0.15, 0.2) is 14.6 Å². The van der Waals surface area contributed by atoms with Crippen molar-refractivity contribution in [1.29, 1.82) is 0 Å². The van der Waals surface area contributed by atoms with Crippen molar-refractivity contribution < 1.29 is 9.90 Å². The maximum Gasteiger partial charge on any atom is 0.332 e. The zero-order valence-corrected chi connectivity index (χ0v) is 15.0. The molecule has 0 saturated carbocycles. The van der Waals surface area contributed by atoms with Crippen LogP contribution in [0, 0.1) is 5.92 Å². The van der Waals surface area contributed by atoms with E-state index in [9.17, 15) is 19.5 Å². The Morgan fingerprint density at radius 1 is 1.17 bits per heavy atom. The minimum Gasteiger partial charge on any atom is -0.549 e. The molecule has 9 heteroatoms. The van der Waals surface area contributed by atoms with Gasteiger partial charge in [-0.15, -0.1) is 0 Å². The van der Waals surface area contributed by atoms with Crippen molar-refractivity contribution in [3.05, 3.63) is 26.7 Å². The van der Waals surface area contributed by atoms with Crippen molar-refractivity contribution in [2.45, 2.75) is 37.5 Å². The van der Waals surface area contributed by atoms with Crippen LogP contribution in [-0.2, 0) is 25.3 Å². The van der Waals surface area contributed by atoms with E-state index in [1.54, 1.807) is 0 Å². The number of carbonyl (C=O) groups excluding carboxylic acids is 1. The van der Waals surface area contributed by atoms with Crippen LogP contribution in [0.5, 0.6) is 0 Å². The standard InChI is InChI=1S/C15H20N4O4S/c1-7(2)6-9-16-11-10(12(17-9)24-8(3)14(21)22)13(20)19(5)15(23)18(11)4/h7-8H,6H2,1-5H3,(H,21,22)/p-1/t8-/m1/s1. The molecule has 0 aliphatic rings. The van der Waals surface area contributed by atoms with Crippen molar-refractivity contribution in [1.82, 2.24) is 19.1 Å². The third kappa shape index (κ3) is 3.35. The second kappa shape index (κ2) is 6.76. The van der Waals surface area contributed by atoms with Crippen LogP contribution in [0.3, 0.4) is 0 Å². The fourth-order valence-corrected chi connectivity index (χ4v) is 3.11. The first-order valence-corrected chi connectivity index (χ1v) is 8.35. The van der Waals surface area contributed by atoms with Crippen molar-refractivity contribution in [2.75, 3.05) is 0 Å². The number of hydrogen-bond acceptors (Lipinski definition) is 7. The van der Waals surface area contributed by atoms with Crippen molar-refractivity contribution in [3.8, 4) is 0 Å². The quantitative estimate of drug-likeness (QED) is 0.525. The molecule has 0 saturated heterocycles. The first-order valence-electron chi connectivity index (χ1n) is 7.47. The number of carboxylic acids is 1. The topological polar surface area (TPSA) is 110 Å². The largest absolute Gasteiger partial charge is 0.549 e. The van der Waals surface area contributed by atoms with E-state index in [2.05, 4.69) is 9.97 Å². The van der Waals surface area contributed by atoms with Crippen LogP contribution in [0.2, 0.25) is 0 Å². The lowest BCUT2D eigenvalue weighted by Crippen LogP contribution is -2.38. The summed E-state index contributed by atoms with van der Waals surface area (Å²) in [5.41, 5.74) is -0.829. The summed E-state index contributed by atoms with van der Waals surface area (Å²) in [4.78, 5) is 44.4. The first kappa shape index (κ1) is 18.2. The molecule has 8 nitrogen and oxygen atoms in total. The van der Waals surface area contributed by atoms with Crippen LogP contribution in [0.25, 0.3) is 11.0 Å². The fraction of sp³-hybridized carbons (Fsp3) is 0.533. The Hall–Kier alpha value is -2.16. The molecule has 0 aromatic carbocycles. The van der Waals surface area contributed by atoms with Gasteiger partial charge >= 0.3 is 5.69 Å². The van der Waals surface area contributed by atoms with Crippen molar-refractivity contribution >= 4 is 28.8 Å². The molecule has 2 aromatic heterocycles. The number of hydrogen-bond donors (Lipinski definition) is 0. The van der Waals surface area contributed by atoms with Gasteiger partial charge in [0.1, 0.15) is 16.2 Å². The number of fused-ring (bicyclic) bond motifs is 1. The summed E-state index contributed by atoms with van der Waals surface area (Å²) in [5.74, 6) is -0.518. The van der Waals surface area contributed by atoms with E-state index < -0.39 is 22.5 Å². The molecule has 0 bridgehead atoms. The molecule has 0 radical (unpaired) electrons. The SMILES string of the molecule is CC(C)Cc1nc(S[C@H](C)C(=O)[O-])c2c(=O)n(C)c(=O)n(C)c2n1. The van der Waals surface area contributed by atoms with Gasteiger partial charge in [0.2, 0.25) is 0 Å². The summed E-state index contributed by atoms with van der Waals surface area (Å²) in [5, 5.41) is 10.6. The monoisotopic (exact) mass is 351 g/mol. The summed E-state index contributed by atoms with van der Waals surface area (Å²) >= 11 is 0.918. The number of aryl methyl sites for hydroxylation is 1. The third-order valence-corrected chi connectivity index (χ3v) is 4.59. The molecule has 0 amide bonds. The number of nitrogens with zero attached hydrogens (tertiary/aromatic N) is 4. The van der Waals surface area contributed by atoms with E-state index in [-0.39, 0.29) is 22.0 Å². The Balaban J connectivity index is 2.83. The van der Waals surface area contributed by atoms with Crippen LogP contribution in [-0.4, -0.2) is 30.3 Å². The second-order valence-corrected chi connectivity index (χ2v) is 7.36. The van der Waals surface area contributed by atoms with Gasteiger partial charge in [0, 0.05) is 25.8 Å². The predicted molar refractivity (Wildman–Crippen MR) is 88.9 cm³/mol. The van der Waals surface area contributed by atoms with Gasteiger partial charge in [-0.05, 0) is 12.8 Å². The van der Waals surface area contributed by atoms with Crippen LogP contribution in [0.1, 0.15) is 26.6 Å². The summed E-state index contributed by atoms with van der Waals surface area (Å²) in [6.45, 7) is 5.45. The smallest absolute Gasteiger partial charge is 0.332 e. The number of carboxylic acid groups (broad SMARTS) is 1. The van der Waals surface area contributed by atoms with Crippen molar-refractivity contribution in [3.63, 3.8) is 0 Å². The molecular weight excluding hydrogens is 332 g/mol. The van der Waals surface area contributed by atoms with Crippen LogP contribution in [0.4, 0.5) is 0 Å². The maximum absolute atomic E-state index is 12.5. The molecule has 0 aliphatic heterocycles. The molecule has 2 heterocycles. The van der Waals surface area contributed by atoms with Gasteiger partial charge in [0.05, 0.1) is 5.97 Å². The Morgan fingerprint density at radius 2 is 1.79 bits per heavy atom. The molecule has 130 valence electrons. The van der Waals surface area contributed by atoms with Gasteiger partial charge in [0.15, 0.2) is 5.65 Å². The zero-order chi connectivity index (χ0) is 18.2. The zero-order valence-electron chi connectivity index (χ0n) is 14.2. The van der Waals surface area contributed by atoms with E-state index in [1.165, 1.54) is 25.6 Å². The van der Waals surface area contributed by atoms with Gasteiger partial charge in [-0.2, -0.15) is 0 Å². The second-order valence-electron chi connectivity index (χ2n) is 6.03. The maximum atomic E-state index is 12.5. The molecule has 0 aliphatic carbocycles. The average molecular weight is 351 g/mol. The molecule has 0 fully saturated rings. The van der Waals surface area contributed by atoms with E-state index in [1.807, 2.05) is 13.8 Å². The predicted octanol–water partition coefficient (Wildman–Crippen LogP) is -0.544. The van der Waals surface area contributed by atoms with Crippen LogP contribution < -0.4 is 16.4 Å². The minimum absolute atomic E-state index is 0.144.